The predicted molar refractivity (Wildman–Crippen MR) is 41.6 cm³/mol. The summed E-state index contributed by atoms with van der Waals surface area (Å²) in [6, 6.07) is 4.84. The van der Waals surface area contributed by atoms with Crippen LogP contribution in [0.4, 0.5) is 4.39 Å². The molecule has 0 spiro atoms. The van der Waals surface area contributed by atoms with Gasteiger partial charge in [-0.3, -0.25) is 4.79 Å². The summed E-state index contributed by atoms with van der Waals surface area (Å²) >= 11 is 5.54. The smallest absolute Gasteiger partial charge is 0.307 e. The number of hydrogen-bond acceptors (Lipinski definition) is 1. The van der Waals surface area contributed by atoms with E-state index in [0.29, 0.717) is 0 Å². The molecule has 1 N–H and O–H groups in total. The molecular formula is C8H5ClFO2. The highest BCUT2D eigenvalue weighted by Crippen LogP contribution is 2.18. The molecular weight excluding hydrogens is 183 g/mol. The third-order valence-electron chi connectivity index (χ3n) is 1.32. The summed E-state index contributed by atoms with van der Waals surface area (Å²) in [5.41, 5.74) is 0.00270. The molecule has 63 valence electrons. The molecule has 0 saturated carbocycles. The summed E-state index contributed by atoms with van der Waals surface area (Å²) in [6.07, 6.45) is -0.403. The number of carboxylic acids is 1. The summed E-state index contributed by atoms with van der Waals surface area (Å²) in [6.45, 7) is 0. The fourth-order valence-electron chi connectivity index (χ4n) is 0.796. The van der Waals surface area contributed by atoms with Crippen molar-refractivity contribution in [1.82, 2.24) is 0 Å². The molecule has 0 aliphatic heterocycles. The van der Waals surface area contributed by atoms with E-state index in [4.69, 9.17) is 16.7 Å². The van der Waals surface area contributed by atoms with Crippen LogP contribution in [0.1, 0.15) is 5.56 Å². The first-order valence-electron chi connectivity index (χ1n) is 3.17. The lowest BCUT2D eigenvalue weighted by Crippen LogP contribution is -2.03. The Labute approximate surface area is 73.6 Å². The maximum atomic E-state index is 12.8. The van der Waals surface area contributed by atoms with Crippen LogP contribution < -0.4 is 0 Å². The largest absolute Gasteiger partial charge is 0.481 e. The minimum absolute atomic E-state index is 0.00270. The second-order valence-electron chi connectivity index (χ2n) is 2.20. The van der Waals surface area contributed by atoms with Gasteiger partial charge in [0.05, 0.1) is 6.42 Å². The van der Waals surface area contributed by atoms with E-state index < -0.39 is 18.2 Å². The van der Waals surface area contributed by atoms with Crippen molar-refractivity contribution >= 4 is 17.6 Å². The molecule has 0 saturated heterocycles. The lowest BCUT2D eigenvalue weighted by Gasteiger charge is -2.00. The number of hydrogen-bond donors (Lipinski definition) is 1. The van der Waals surface area contributed by atoms with Crippen molar-refractivity contribution in [3.63, 3.8) is 0 Å². The zero-order valence-electron chi connectivity index (χ0n) is 5.97. The van der Waals surface area contributed by atoms with Crippen LogP contribution >= 0.6 is 11.6 Å². The Balaban J connectivity index is 3.04. The van der Waals surface area contributed by atoms with Gasteiger partial charge >= 0.3 is 5.97 Å². The van der Waals surface area contributed by atoms with E-state index in [2.05, 4.69) is 6.07 Å². The molecule has 1 rings (SSSR count). The fraction of sp³-hybridized carbons (Fsp3) is 0.125. The third-order valence-corrected chi connectivity index (χ3v) is 1.66. The average Bonchev–Trinajstić information content (AvgIpc) is 1.97. The number of benzene rings is 1. The van der Waals surface area contributed by atoms with Crippen LogP contribution in [-0.2, 0) is 11.2 Å². The molecule has 0 unspecified atom stereocenters. The van der Waals surface area contributed by atoms with Crippen LogP contribution in [0.2, 0.25) is 5.02 Å². The van der Waals surface area contributed by atoms with Gasteiger partial charge in [0, 0.05) is 10.6 Å². The zero-order chi connectivity index (χ0) is 9.14. The van der Waals surface area contributed by atoms with Gasteiger partial charge in [-0.1, -0.05) is 11.6 Å². The van der Waals surface area contributed by atoms with Gasteiger partial charge in [-0.25, -0.2) is 4.39 Å². The summed E-state index contributed by atoms with van der Waals surface area (Å²) in [7, 11) is 0. The molecule has 4 heteroatoms. The standard InChI is InChI=1S/C8H5ClFO2/c9-6-2-1-3-7(10)5(6)4-8(11)12/h2-3H,4H2,(H,11,12). The van der Waals surface area contributed by atoms with Crippen LogP contribution in [0.15, 0.2) is 12.1 Å². The van der Waals surface area contributed by atoms with Gasteiger partial charge in [0.25, 0.3) is 0 Å². The van der Waals surface area contributed by atoms with Gasteiger partial charge in [-0.15, -0.1) is 0 Å². The first-order valence-corrected chi connectivity index (χ1v) is 3.55. The molecule has 0 aliphatic carbocycles. The van der Waals surface area contributed by atoms with Gasteiger partial charge < -0.3 is 5.11 Å². The quantitative estimate of drug-likeness (QED) is 0.768. The molecule has 0 heterocycles. The zero-order valence-corrected chi connectivity index (χ0v) is 6.73. The van der Waals surface area contributed by atoms with E-state index in [0.717, 1.165) is 6.07 Å². The van der Waals surface area contributed by atoms with Crippen molar-refractivity contribution in [3.8, 4) is 0 Å². The highest BCUT2D eigenvalue weighted by Gasteiger charge is 2.09. The third kappa shape index (κ3) is 1.95. The minimum atomic E-state index is -1.11. The number of halogens is 2. The van der Waals surface area contributed by atoms with E-state index in [-0.39, 0.29) is 10.6 Å². The van der Waals surface area contributed by atoms with Crippen LogP contribution in [0.25, 0.3) is 0 Å². The molecule has 0 bridgehead atoms. The van der Waals surface area contributed by atoms with Crippen molar-refractivity contribution < 1.29 is 14.3 Å². The Morgan fingerprint density at radius 1 is 1.67 bits per heavy atom. The number of rotatable bonds is 2. The minimum Gasteiger partial charge on any atom is -0.481 e. The van der Waals surface area contributed by atoms with E-state index in [9.17, 15) is 9.18 Å². The maximum absolute atomic E-state index is 12.8. The first kappa shape index (κ1) is 9.00. The molecule has 2 nitrogen and oxygen atoms in total. The van der Waals surface area contributed by atoms with Gasteiger partial charge in [-0.05, 0) is 18.2 Å². The topological polar surface area (TPSA) is 37.3 Å². The number of aliphatic carboxylic acids is 1. The SMILES string of the molecule is O=C(O)Cc1c(F)c[c]cc1Cl. The van der Waals surface area contributed by atoms with Crippen molar-refractivity contribution in [2.45, 2.75) is 6.42 Å². The predicted octanol–water partition coefficient (Wildman–Crippen LogP) is 1.91. The summed E-state index contributed by atoms with van der Waals surface area (Å²) in [5, 5.41) is 8.48. The van der Waals surface area contributed by atoms with Crippen LogP contribution in [0.3, 0.4) is 0 Å². The molecule has 12 heavy (non-hydrogen) atoms. The van der Waals surface area contributed by atoms with E-state index >= 15 is 0 Å². The fourth-order valence-corrected chi connectivity index (χ4v) is 1.02. The van der Waals surface area contributed by atoms with Crippen molar-refractivity contribution in [3.05, 3.63) is 34.6 Å². The van der Waals surface area contributed by atoms with Crippen LogP contribution in [-0.4, -0.2) is 11.1 Å². The Morgan fingerprint density at radius 2 is 2.33 bits per heavy atom. The van der Waals surface area contributed by atoms with E-state index in [1.165, 1.54) is 6.07 Å². The lowest BCUT2D eigenvalue weighted by molar-refractivity contribution is -0.136. The monoisotopic (exact) mass is 187 g/mol. The highest BCUT2D eigenvalue weighted by molar-refractivity contribution is 6.31. The Kier molecular flexibility index (Phi) is 2.65. The van der Waals surface area contributed by atoms with Crippen molar-refractivity contribution in [2.75, 3.05) is 0 Å². The summed E-state index contributed by atoms with van der Waals surface area (Å²) in [4.78, 5) is 10.2. The molecule has 1 aromatic rings. The maximum Gasteiger partial charge on any atom is 0.307 e. The second-order valence-corrected chi connectivity index (χ2v) is 2.61. The molecule has 1 aromatic carbocycles. The van der Waals surface area contributed by atoms with Crippen LogP contribution in [0, 0.1) is 11.9 Å². The highest BCUT2D eigenvalue weighted by atomic mass is 35.5. The van der Waals surface area contributed by atoms with Gasteiger partial charge in [0.1, 0.15) is 5.82 Å². The van der Waals surface area contributed by atoms with Crippen molar-refractivity contribution in [1.29, 1.82) is 0 Å². The Bertz CT molecular complexity index is 292. The van der Waals surface area contributed by atoms with E-state index in [1.54, 1.807) is 0 Å². The van der Waals surface area contributed by atoms with Gasteiger partial charge in [0.15, 0.2) is 0 Å². The molecule has 0 atom stereocenters. The normalized spacial score (nSPS) is 9.83. The average molecular weight is 188 g/mol. The number of carboxylic acid groups (broad SMARTS) is 1. The summed E-state index contributed by atoms with van der Waals surface area (Å²) < 4.78 is 12.8. The molecule has 0 aromatic heterocycles. The van der Waals surface area contributed by atoms with Crippen molar-refractivity contribution in [2.24, 2.45) is 0 Å². The van der Waals surface area contributed by atoms with Gasteiger partial charge in [-0.2, -0.15) is 0 Å². The Hall–Kier alpha value is -1.09. The number of carbonyl (C=O) groups is 1. The molecule has 0 aliphatic rings. The molecule has 1 radical (unpaired) electrons. The first-order chi connectivity index (χ1) is 5.61. The van der Waals surface area contributed by atoms with Crippen LogP contribution in [0.5, 0.6) is 0 Å². The Morgan fingerprint density at radius 3 is 2.83 bits per heavy atom. The second kappa shape index (κ2) is 3.54. The van der Waals surface area contributed by atoms with E-state index in [1.807, 2.05) is 0 Å². The van der Waals surface area contributed by atoms with Gasteiger partial charge in [0.2, 0.25) is 0 Å². The molecule has 0 amide bonds. The lowest BCUT2D eigenvalue weighted by atomic mass is 10.1. The molecule has 0 fully saturated rings. The summed E-state index contributed by atoms with van der Waals surface area (Å²) in [5.74, 6) is -1.74.